The van der Waals surface area contributed by atoms with Crippen molar-refractivity contribution in [3.8, 4) is 5.88 Å². The molecule has 0 aliphatic carbocycles. The van der Waals surface area contributed by atoms with E-state index < -0.39 is 0 Å². The zero-order valence-corrected chi connectivity index (χ0v) is 13.6. The van der Waals surface area contributed by atoms with E-state index in [0.717, 1.165) is 6.54 Å². The lowest BCUT2D eigenvalue weighted by molar-refractivity contribution is -0.117. The summed E-state index contributed by atoms with van der Waals surface area (Å²) in [6.07, 6.45) is 7.34. The van der Waals surface area contributed by atoms with Crippen molar-refractivity contribution in [2.75, 3.05) is 26.2 Å². The Morgan fingerprint density at radius 2 is 2.13 bits per heavy atom. The first-order valence-corrected chi connectivity index (χ1v) is 8.33. The Morgan fingerprint density at radius 3 is 2.87 bits per heavy atom. The molecule has 1 fully saturated rings. The second-order valence-corrected chi connectivity index (χ2v) is 6.31. The summed E-state index contributed by atoms with van der Waals surface area (Å²) in [6, 6.07) is 4.17. The largest absolute Gasteiger partial charge is 0.475 e. The van der Waals surface area contributed by atoms with E-state index >= 15 is 0 Å². The van der Waals surface area contributed by atoms with E-state index in [1.807, 2.05) is 17.9 Å². The standard InChI is InChI=1S/C17H24N4O2/c1-14(21-11-16(22)19-13-21)12-23-17-9-15(5-6-18-17)10-20-7-3-2-4-8-20/h5-6,9,13-14H,2-4,7-8,10-12H2,1H3. The van der Waals surface area contributed by atoms with Gasteiger partial charge in [-0.25, -0.2) is 9.98 Å². The summed E-state index contributed by atoms with van der Waals surface area (Å²) >= 11 is 0. The Labute approximate surface area is 137 Å². The van der Waals surface area contributed by atoms with Gasteiger partial charge >= 0.3 is 0 Å². The van der Waals surface area contributed by atoms with Crippen LogP contribution in [0.5, 0.6) is 5.88 Å². The number of hydrogen-bond acceptors (Lipinski definition) is 5. The monoisotopic (exact) mass is 316 g/mol. The Morgan fingerprint density at radius 1 is 1.30 bits per heavy atom. The summed E-state index contributed by atoms with van der Waals surface area (Å²) in [6.45, 7) is 6.16. The topological polar surface area (TPSA) is 58.0 Å². The second-order valence-electron chi connectivity index (χ2n) is 6.31. The van der Waals surface area contributed by atoms with Gasteiger partial charge in [-0.1, -0.05) is 6.42 Å². The predicted octanol–water partition coefficient (Wildman–Crippen LogP) is 1.71. The highest BCUT2D eigenvalue weighted by atomic mass is 16.5. The van der Waals surface area contributed by atoms with E-state index in [4.69, 9.17) is 4.74 Å². The number of aliphatic imine (C=N–C) groups is 1. The van der Waals surface area contributed by atoms with Crippen LogP contribution in [-0.4, -0.2) is 59.3 Å². The van der Waals surface area contributed by atoms with Crippen LogP contribution in [0.4, 0.5) is 0 Å². The minimum Gasteiger partial charge on any atom is -0.475 e. The SMILES string of the molecule is CC(COc1cc(CN2CCCCC2)ccn1)N1C=NC(=O)C1. The molecule has 2 aliphatic rings. The molecule has 0 aromatic carbocycles. The molecule has 6 nitrogen and oxygen atoms in total. The van der Waals surface area contributed by atoms with E-state index in [9.17, 15) is 4.79 Å². The molecule has 6 heteroatoms. The summed E-state index contributed by atoms with van der Waals surface area (Å²) in [5, 5.41) is 0. The zero-order chi connectivity index (χ0) is 16.1. The van der Waals surface area contributed by atoms with Gasteiger partial charge in [0.05, 0.1) is 12.4 Å². The summed E-state index contributed by atoms with van der Waals surface area (Å²) in [7, 11) is 0. The van der Waals surface area contributed by atoms with Crippen LogP contribution >= 0.6 is 0 Å². The lowest BCUT2D eigenvalue weighted by Crippen LogP contribution is -2.35. The molecule has 124 valence electrons. The smallest absolute Gasteiger partial charge is 0.266 e. The van der Waals surface area contributed by atoms with Gasteiger partial charge in [0.15, 0.2) is 0 Å². The quantitative estimate of drug-likeness (QED) is 0.799. The van der Waals surface area contributed by atoms with E-state index in [0.29, 0.717) is 19.0 Å². The van der Waals surface area contributed by atoms with Crippen molar-refractivity contribution in [1.29, 1.82) is 0 Å². The minimum absolute atomic E-state index is 0.0951. The van der Waals surface area contributed by atoms with Gasteiger partial charge in [-0.05, 0) is 44.5 Å². The molecule has 0 saturated carbocycles. The number of amides is 1. The number of carbonyl (C=O) groups is 1. The lowest BCUT2D eigenvalue weighted by atomic mass is 10.1. The van der Waals surface area contributed by atoms with Crippen LogP contribution in [-0.2, 0) is 11.3 Å². The second kappa shape index (κ2) is 7.55. The maximum Gasteiger partial charge on any atom is 0.266 e. The Bertz CT molecular complexity index is 569. The minimum atomic E-state index is -0.0986. The molecule has 0 N–H and O–H groups in total. The number of pyridine rings is 1. The van der Waals surface area contributed by atoms with E-state index in [-0.39, 0.29) is 11.9 Å². The fourth-order valence-corrected chi connectivity index (χ4v) is 2.95. The third-order valence-corrected chi connectivity index (χ3v) is 4.36. The molecule has 2 aliphatic heterocycles. The molecule has 0 bridgehead atoms. The van der Waals surface area contributed by atoms with Crippen LogP contribution in [0.15, 0.2) is 23.3 Å². The number of hydrogen-bond donors (Lipinski definition) is 0. The van der Waals surface area contributed by atoms with E-state index in [1.54, 1.807) is 12.5 Å². The van der Waals surface area contributed by atoms with Crippen molar-refractivity contribution in [1.82, 2.24) is 14.8 Å². The average Bonchev–Trinajstić information content (AvgIpc) is 3.01. The van der Waals surface area contributed by atoms with Crippen LogP contribution in [0.2, 0.25) is 0 Å². The van der Waals surface area contributed by atoms with Gasteiger partial charge in [0.1, 0.15) is 13.2 Å². The van der Waals surface area contributed by atoms with Gasteiger partial charge in [0.2, 0.25) is 5.88 Å². The van der Waals surface area contributed by atoms with E-state index in [1.165, 1.54) is 37.9 Å². The average molecular weight is 316 g/mol. The molecule has 1 amide bonds. The maximum absolute atomic E-state index is 11.2. The van der Waals surface area contributed by atoms with Crippen molar-refractivity contribution in [2.24, 2.45) is 4.99 Å². The first-order valence-electron chi connectivity index (χ1n) is 8.33. The third kappa shape index (κ3) is 4.51. The molecule has 1 atom stereocenters. The van der Waals surface area contributed by atoms with Gasteiger partial charge in [0, 0.05) is 18.8 Å². The van der Waals surface area contributed by atoms with Gasteiger partial charge in [-0.15, -0.1) is 0 Å². The predicted molar refractivity (Wildman–Crippen MR) is 88.5 cm³/mol. The number of ether oxygens (including phenoxy) is 1. The van der Waals surface area contributed by atoms with Gasteiger partial charge in [-0.2, -0.15) is 0 Å². The molecule has 0 spiro atoms. The van der Waals surface area contributed by atoms with Gasteiger partial charge < -0.3 is 9.64 Å². The first kappa shape index (κ1) is 15.9. The van der Waals surface area contributed by atoms with Crippen LogP contribution in [0.1, 0.15) is 31.7 Å². The molecule has 1 aromatic rings. The van der Waals surface area contributed by atoms with Crippen molar-refractivity contribution in [3.63, 3.8) is 0 Å². The Kier molecular flexibility index (Phi) is 5.23. The van der Waals surface area contributed by atoms with Crippen LogP contribution < -0.4 is 4.74 Å². The Hall–Kier alpha value is -1.95. The number of rotatable bonds is 6. The molecule has 23 heavy (non-hydrogen) atoms. The van der Waals surface area contributed by atoms with E-state index in [2.05, 4.69) is 20.9 Å². The van der Waals surface area contributed by atoms with Crippen LogP contribution in [0, 0.1) is 0 Å². The highest BCUT2D eigenvalue weighted by Crippen LogP contribution is 2.16. The van der Waals surface area contributed by atoms with Crippen LogP contribution in [0.3, 0.4) is 0 Å². The molecular formula is C17H24N4O2. The number of piperidine rings is 1. The van der Waals surface area contributed by atoms with Crippen molar-refractivity contribution < 1.29 is 9.53 Å². The molecule has 1 aromatic heterocycles. The molecule has 3 rings (SSSR count). The fraction of sp³-hybridized carbons (Fsp3) is 0.588. The maximum atomic E-state index is 11.2. The van der Waals surface area contributed by atoms with Gasteiger partial charge in [0.25, 0.3) is 5.91 Å². The molecule has 1 saturated heterocycles. The molecule has 1 unspecified atom stereocenters. The first-order chi connectivity index (χ1) is 11.2. The molecule has 3 heterocycles. The Balaban J connectivity index is 1.51. The van der Waals surface area contributed by atoms with Crippen molar-refractivity contribution in [3.05, 3.63) is 23.9 Å². The summed E-state index contributed by atoms with van der Waals surface area (Å²) < 4.78 is 5.80. The summed E-state index contributed by atoms with van der Waals surface area (Å²) in [5.74, 6) is 0.548. The number of carbonyl (C=O) groups excluding carboxylic acids is 1. The lowest BCUT2D eigenvalue weighted by Gasteiger charge is -2.26. The summed E-state index contributed by atoms with van der Waals surface area (Å²) in [4.78, 5) is 23.6. The van der Waals surface area contributed by atoms with Crippen LogP contribution in [0.25, 0.3) is 0 Å². The van der Waals surface area contributed by atoms with Gasteiger partial charge in [-0.3, -0.25) is 9.69 Å². The highest BCUT2D eigenvalue weighted by molar-refractivity contribution is 5.92. The highest BCUT2D eigenvalue weighted by Gasteiger charge is 2.19. The fourth-order valence-electron chi connectivity index (χ4n) is 2.95. The summed E-state index contributed by atoms with van der Waals surface area (Å²) in [5.41, 5.74) is 1.24. The zero-order valence-electron chi connectivity index (χ0n) is 13.6. The normalized spacial score (nSPS) is 20.0. The molecular weight excluding hydrogens is 292 g/mol. The molecule has 0 radical (unpaired) electrons. The third-order valence-electron chi connectivity index (χ3n) is 4.36. The number of likely N-dealkylation sites (tertiary alicyclic amines) is 1. The number of aromatic nitrogens is 1. The van der Waals surface area contributed by atoms with Crippen molar-refractivity contribution in [2.45, 2.75) is 38.8 Å². The number of nitrogens with zero attached hydrogens (tertiary/aromatic N) is 4. The van der Waals surface area contributed by atoms with Crippen molar-refractivity contribution >= 4 is 12.2 Å².